The number of carbonyl (C=O) groups is 1. The Labute approximate surface area is 142 Å². The monoisotopic (exact) mass is 377 g/mol. The van der Waals surface area contributed by atoms with E-state index in [-0.39, 0.29) is 5.91 Å². The lowest BCUT2D eigenvalue weighted by Gasteiger charge is -2.30. The second-order valence-electron chi connectivity index (χ2n) is 5.11. The number of rotatable bonds is 4. The Bertz CT molecular complexity index is 698. The lowest BCUT2D eigenvalue weighted by atomic mass is 10.0. The molecule has 0 radical (unpaired) electrons. The Hall–Kier alpha value is -1.66. The number of nitrogens with zero attached hydrogens (tertiary/aromatic N) is 2. The number of carbonyl (C=O) groups excluding carboxylic acids is 1. The highest BCUT2D eigenvalue weighted by Crippen LogP contribution is 2.26. The third-order valence-electron chi connectivity index (χ3n) is 3.51. The number of hydrogen-bond acceptors (Lipinski definition) is 4. The van der Waals surface area contributed by atoms with Gasteiger partial charge in [0, 0.05) is 27.0 Å². The van der Waals surface area contributed by atoms with Crippen molar-refractivity contribution < 1.29 is 4.79 Å². The Morgan fingerprint density at radius 1 is 1.45 bits per heavy atom. The first-order chi connectivity index (χ1) is 10.7. The first-order valence-electron chi connectivity index (χ1n) is 7.11. The zero-order valence-corrected chi connectivity index (χ0v) is 14.4. The number of amides is 1. The molecule has 2 heterocycles. The van der Waals surface area contributed by atoms with Crippen LogP contribution in [-0.4, -0.2) is 25.2 Å². The summed E-state index contributed by atoms with van der Waals surface area (Å²) in [5, 5.41) is 5.99. The number of halogens is 1. The number of benzene rings is 1. The highest BCUT2D eigenvalue weighted by atomic mass is 79.9. The maximum absolute atomic E-state index is 12.0. The third kappa shape index (κ3) is 3.75. The molecule has 0 spiro atoms. The van der Waals surface area contributed by atoms with Crippen LogP contribution in [0.2, 0.25) is 0 Å². The Morgan fingerprint density at radius 3 is 3.14 bits per heavy atom. The SMILES string of the molecule is O=C(CN1CCCc2ccccc21)N/N=C\c1cc(Br)cs1. The van der Waals surface area contributed by atoms with Gasteiger partial charge in [0.1, 0.15) is 0 Å². The predicted molar refractivity (Wildman–Crippen MR) is 94.7 cm³/mol. The van der Waals surface area contributed by atoms with Gasteiger partial charge in [0.05, 0.1) is 12.8 Å². The van der Waals surface area contributed by atoms with Gasteiger partial charge in [-0.1, -0.05) is 18.2 Å². The van der Waals surface area contributed by atoms with E-state index in [0.717, 1.165) is 34.4 Å². The van der Waals surface area contributed by atoms with Crippen molar-refractivity contribution in [1.29, 1.82) is 0 Å². The highest BCUT2D eigenvalue weighted by molar-refractivity contribution is 9.10. The van der Waals surface area contributed by atoms with Gasteiger partial charge in [-0.05, 0) is 46.5 Å². The number of nitrogens with one attached hydrogen (secondary N) is 1. The van der Waals surface area contributed by atoms with Gasteiger partial charge in [-0.2, -0.15) is 5.10 Å². The van der Waals surface area contributed by atoms with Gasteiger partial charge in [-0.15, -0.1) is 11.3 Å². The molecular formula is C16H16BrN3OS. The van der Waals surface area contributed by atoms with Crippen LogP contribution in [0.25, 0.3) is 0 Å². The van der Waals surface area contributed by atoms with E-state index in [1.165, 1.54) is 5.56 Å². The maximum atomic E-state index is 12.0. The molecule has 4 nitrogen and oxygen atoms in total. The molecule has 0 atom stereocenters. The van der Waals surface area contributed by atoms with E-state index in [2.05, 4.69) is 43.5 Å². The zero-order chi connectivity index (χ0) is 15.4. The molecule has 1 aliphatic heterocycles. The first kappa shape index (κ1) is 15.2. The van der Waals surface area contributed by atoms with Crippen molar-refractivity contribution in [1.82, 2.24) is 5.43 Å². The molecule has 114 valence electrons. The number of fused-ring (bicyclic) bond motifs is 1. The molecule has 6 heteroatoms. The topological polar surface area (TPSA) is 44.7 Å². The van der Waals surface area contributed by atoms with Gasteiger partial charge in [-0.25, -0.2) is 5.43 Å². The van der Waals surface area contributed by atoms with Gasteiger partial charge in [0.25, 0.3) is 5.91 Å². The summed E-state index contributed by atoms with van der Waals surface area (Å²) in [5.41, 5.74) is 5.07. The Kier molecular flexibility index (Phi) is 4.90. The summed E-state index contributed by atoms with van der Waals surface area (Å²) in [6, 6.07) is 10.2. The second-order valence-corrected chi connectivity index (χ2v) is 6.97. The van der Waals surface area contributed by atoms with Crippen LogP contribution in [0.5, 0.6) is 0 Å². The molecule has 1 aromatic carbocycles. The summed E-state index contributed by atoms with van der Waals surface area (Å²) in [6.45, 7) is 1.24. The van der Waals surface area contributed by atoms with Crippen molar-refractivity contribution in [2.24, 2.45) is 5.10 Å². The van der Waals surface area contributed by atoms with E-state index in [1.807, 2.05) is 23.6 Å². The van der Waals surface area contributed by atoms with Crippen LogP contribution in [0, 0.1) is 0 Å². The average Bonchev–Trinajstić information content (AvgIpc) is 2.93. The van der Waals surface area contributed by atoms with Crippen LogP contribution in [-0.2, 0) is 11.2 Å². The lowest BCUT2D eigenvalue weighted by Crippen LogP contribution is -2.38. The summed E-state index contributed by atoms with van der Waals surface area (Å²) in [6.07, 6.45) is 3.83. The van der Waals surface area contributed by atoms with E-state index in [1.54, 1.807) is 17.6 Å². The highest BCUT2D eigenvalue weighted by Gasteiger charge is 2.18. The molecule has 1 amide bonds. The molecule has 0 aliphatic carbocycles. The fourth-order valence-electron chi connectivity index (χ4n) is 2.55. The van der Waals surface area contributed by atoms with Crippen LogP contribution >= 0.6 is 27.3 Å². The molecule has 0 fully saturated rings. The van der Waals surface area contributed by atoms with Gasteiger partial charge in [0.15, 0.2) is 0 Å². The molecule has 1 aliphatic rings. The molecule has 0 saturated carbocycles. The van der Waals surface area contributed by atoms with Crippen molar-refractivity contribution in [3.05, 3.63) is 50.6 Å². The number of hydrazone groups is 1. The van der Waals surface area contributed by atoms with Crippen LogP contribution < -0.4 is 10.3 Å². The normalized spacial score (nSPS) is 14.1. The molecule has 0 bridgehead atoms. The molecular weight excluding hydrogens is 362 g/mol. The van der Waals surface area contributed by atoms with Crippen molar-refractivity contribution in [3.8, 4) is 0 Å². The predicted octanol–water partition coefficient (Wildman–Crippen LogP) is 3.41. The van der Waals surface area contributed by atoms with Gasteiger partial charge in [0.2, 0.25) is 0 Å². The van der Waals surface area contributed by atoms with E-state index in [0.29, 0.717) is 6.54 Å². The summed E-state index contributed by atoms with van der Waals surface area (Å²) in [7, 11) is 0. The minimum atomic E-state index is -0.0939. The molecule has 0 saturated heterocycles. The number of hydrogen-bond donors (Lipinski definition) is 1. The van der Waals surface area contributed by atoms with Gasteiger partial charge >= 0.3 is 0 Å². The van der Waals surface area contributed by atoms with Gasteiger partial charge in [-0.3, -0.25) is 4.79 Å². The number of thiophene rings is 1. The molecule has 2 aromatic rings. The maximum Gasteiger partial charge on any atom is 0.259 e. The van der Waals surface area contributed by atoms with Crippen molar-refractivity contribution in [2.75, 3.05) is 18.0 Å². The van der Waals surface area contributed by atoms with Crippen LogP contribution in [0.3, 0.4) is 0 Å². The quantitative estimate of drug-likeness (QED) is 0.655. The summed E-state index contributed by atoms with van der Waals surface area (Å²) in [4.78, 5) is 15.2. The summed E-state index contributed by atoms with van der Waals surface area (Å²) < 4.78 is 1.02. The smallest absolute Gasteiger partial charge is 0.259 e. The van der Waals surface area contributed by atoms with Gasteiger partial charge < -0.3 is 4.90 Å². The standard InChI is InChI=1S/C16H16BrN3OS/c17-13-8-14(22-11-13)9-18-19-16(21)10-20-7-3-5-12-4-1-2-6-15(12)20/h1-2,4,6,8-9,11H,3,5,7,10H2,(H,19,21)/b18-9-. The Morgan fingerprint density at radius 2 is 2.32 bits per heavy atom. The summed E-state index contributed by atoms with van der Waals surface area (Å²) in [5.74, 6) is -0.0939. The number of aryl methyl sites for hydroxylation is 1. The van der Waals surface area contributed by atoms with Crippen molar-refractivity contribution in [2.45, 2.75) is 12.8 Å². The lowest BCUT2D eigenvalue weighted by molar-refractivity contribution is -0.119. The average molecular weight is 378 g/mol. The minimum absolute atomic E-state index is 0.0939. The molecule has 0 unspecified atom stereocenters. The minimum Gasteiger partial charge on any atom is -0.362 e. The number of anilines is 1. The second kappa shape index (κ2) is 7.07. The van der Waals surface area contributed by atoms with Crippen molar-refractivity contribution >= 4 is 45.1 Å². The third-order valence-corrected chi connectivity index (χ3v) is 5.14. The van der Waals surface area contributed by atoms with E-state index in [4.69, 9.17) is 0 Å². The molecule has 1 aromatic heterocycles. The largest absolute Gasteiger partial charge is 0.362 e. The van der Waals surface area contributed by atoms with Crippen LogP contribution in [0.4, 0.5) is 5.69 Å². The molecule has 1 N–H and O–H groups in total. The number of para-hydroxylation sites is 1. The van der Waals surface area contributed by atoms with E-state index >= 15 is 0 Å². The fraction of sp³-hybridized carbons (Fsp3) is 0.250. The van der Waals surface area contributed by atoms with E-state index < -0.39 is 0 Å². The Balaban J connectivity index is 1.57. The van der Waals surface area contributed by atoms with E-state index in [9.17, 15) is 4.79 Å². The summed E-state index contributed by atoms with van der Waals surface area (Å²) >= 11 is 4.96. The zero-order valence-electron chi connectivity index (χ0n) is 12.0. The molecule has 22 heavy (non-hydrogen) atoms. The molecule has 3 rings (SSSR count). The fourth-order valence-corrected chi connectivity index (χ4v) is 3.85. The first-order valence-corrected chi connectivity index (χ1v) is 8.78. The van der Waals surface area contributed by atoms with Crippen LogP contribution in [0.15, 0.2) is 45.3 Å². The van der Waals surface area contributed by atoms with Crippen LogP contribution in [0.1, 0.15) is 16.9 Å². The van der Waals surface area contributed by atoms with Crippen molar-refractivity contribution in [3.63, 3.8) is 0 Å².